The number of benzene rings is 2. The van der Waals surface area contributed by atoms with Gasteiger partial charge in [0.15, 0.2) is 6.61 Å². The number of carbonyl (C=O) groups is 2. The van der Waals surface area contributed by atoms with Crippen molar-refractivity contribution in [2.24, 2.45) is 5.73 Å². The molecule has 0 fully saturated rings. The summed E-state index contributed by atoms with van der Waals surface area (Å²) >= 11 is 0. The van der Waals surface area contributed by atoms with Gasteiger partial charge in [0.05, 0.1) is 6.04 Å². The average molecular weight is 390 g/mol. The van der Waals surface area contributed by atoms with Crippen LogP contribution < -0.4 is 15.4 Å². The van der Waals surface area contributed by atoms with Crippen LogP contribution in [0, 0.1) is 0 Å². The number of nitrogens with two attached hydrogens (primary N) is 1. The Kier molecular flexibility index (Phi) is 5.08. The maximum absolute atomic E-state index is 11.7. The number of allylic oxidation sites excluding steroid dienone is 2. The van der Waals surface area contributed by atoms with Crippen LogP contribution in [0.2, 0.25) is 0 Å². The number of carboxylic acids is 1. The number of nitrogens with zero attached hydrogens (tertiary/aromatic N) is 1. The van der Waals surface area contributed by atoms with Gasteiger partial charge in [0.1, 0.15) is 5.75 Å². The van der Waals surface area contributed by atoms with Crippen molar-refractivity contribution >= 4 is 17.6 Å². The zero-order chi connectivity index (χ0) is 20.4. The highest BCUT2D eigenvalue weighted by atomic mass is 16.5. The first-order chi connectivity index (χ1) is 14.0. The van der Waals surface area contributed by atoms with Crippen LogP contribution >= 0.6 is 0 Å². The first-order valence-electron chi connectivity index (χ1n) is 9.48. The standard InChI is InChI=1S/C23H22N2O4/c24-20(26)12-16-8-4-9-17-22(16)23-18(10-5-11-19(23)29-14-21(27)28)25(17)13-15-6-2-1-3-7-15/h1-11,17,22H,12-14H2,(H2,24,26)(H,27,28). The van der Waals surface area contributed by atoms with Crippen LogP contribution in [0.5, 0.6) is 5.75 Å². The van der Waals surface area contributed by atoms with Crippen molar-refractivity contribution < 1.29 is 19.4 Å². The number of anilines is 1. The van der Waals surface area contributed by atoms with Crippen LogP contribution in [-0.4, -0.2) is 29.6 Å². The molecule has 3 N–H and O–H groups in total. The van der Waals surface area contributed by atoms with Crippen molar-refractivity contribution in [2.75, 3.05) is 11.5 Å². The molecule has 0 aromatic heterocycles. The molecule has 0 saturated heterocycles. The first kappa shape index (κ1) is 18.8. The number of amides is 1. The van der Waals surface area contributed by atoms with E-state index in [0.717, 1.165) is 22.4 Å². The smallest absolute Gasteiger partial charge is 0.341 e. The SMILES string of the molecule is NC(=O)CC1=CC=CC2C1c1c(OCC(=O)O)cccc1N2Cc1ccccc1. The second kappa shape index (κ2) is 7.83. The number of ether oxygens (including phenoxy) is 1. The summed E-state index contributed by atoms with van der Waals surface area (Å²) in [4.78, 5) is 25.0. The number of primary amides is 1. The molecule has 1 heterocycles. The molecule has 1 aliphatic carbocycles. The maximum Gasteiger partial charge on any atom is 0.341 e. The summed E-state index contributed by atoms with van der Waals surface area (Å²) in [6.07, 6.45) is 6.15. The fourth-order valence-electron chi connectivity index (χ4n) is 4.23. The molecule has 148 valence electrons. The average Bonchev–Trinajstić information content (AvgIpc) is 3.02. The van der Waals surface area contributed by atoms with Crippen LogP contribution in [0.25, 0.3) is 0 Å². The van der Waals surface area contributed by atoms with Crippen LogP contribution in [0.15, 0.2) is 72.3 Å². The van der Waals surface area contributed by atoms with Gasteiger partial charge in [0, 0.05) is 30.1 Å². The summed E-state index contributed by atoms with van der Waals surface area (Å²) in [7, 11) is 0. The Labute approximate surface area is 168 Å². The van der Waals surface area contributed by atoms with E-state index in [1.165, 1.54) is 0 Å². The molecule has 4 rings (SSSR count). The van der Waals surface area contributed by atoms with Gasteiger partial charge in [-0.2, -0.15) is 0 Å². The van der Waals surface area contributed by atoms with E-state index in [1.54, 1.807) is 6.07 Å². The first-order valence-corrected chi connectivity index (χ1v) is 9.48. The Hall–Kier alpha value is -3.54. The van der Waals surface area contributed by atoms with E-state index < -0.39 is 18.5 Å². The number of fused-ring (bicyclic) bond motifs is 3. The summed E-state index contributed by atoms with van der Waals surface area (Å²) in [5.74, 6) is -1.01. The summed E-state index contributed by atoms with van der Waals surface area (Å²) in [6, 6.07) is 15.8. The van der Waals surface area contributed by atoms with E-state index in [0.29, 0.717) is 12.3 Å². The van der Waals surface area contributed by atoms with Gasteiger partial charge < -0.3 is 20.5 Å². The predicted octanol–water partition coefficient (Wildman–Crippen LogP) is 2.99. The van der Waals surface area contributed by atoms with Gasteiger partial charge in [-0.3, -0.25) is 4.79 Å². The third kappa shape index (κ3) is 3.74. The molecule has 1 amide bonds. The number of hydrogen-bond acceptors (Lipinski definition) is 4. The van der Waals surface area contributed by atoms with E-state index in [9.17, 15) is 9.59 Å². The van der Waals surface area contributed by atoms with Crippen LogP contribution in [0.4, 0.5) is 5.69 Å². The van der Waals surface area contributed by atoms with Crippen molar-refractivity contribution in [2.45, 2.75) is 24.9 Å². The van der Waals surface area contributed by atoms with E-state index in [2.05, 4.69) is 23.1 Å². The second-order valence-corrected chi connectivity index (χ2v) is 7.22. The third-order valence-corrected chi connectivity index (χ3v) is 5.31. The zero-order valence-corrected chi connectivity index (χ0v) is 15.8. The van der Waals surface area contributed by atoms with Crippen LogP contribution in [0.3, 0.4) is 0 Å². The number of hydrogen-bond donors (Lipinski definition) is 2. The fraction of sp³-hybridized carbons (Fsp3) is 0.217. The molecule has 6 nitrogen and oxygen atoms in total. The largest absolute Gasteiger partial charge is 0.482 e. The van der Waals surface area contributed by atoms with Crippen molar-refractivity contribution in [3.63, 3.8) is 0 Å². The molecule has 0 radical (unpaired) electrons. The second-order valence-electron chi connectivity index (χ2n) is 7.22. The summed E-state index contributed by atoms with van der Waals surface area (Å²) in [5, 5.41) is 9.05. The van der Waals surface area contributed by atoms with E-state index in [4.69, 9.17) is 15.6 Å². The highest BCUT2D eigenvalue weighted by molar-refractivity contribution is 5.79. The van der Waals surface area contributed by atoms with Gasteiger partial charge in [-0.05, 0) is 17.7 Å². The Morgan fingerprint density at radius 3 is 2.62 bits per heavy atom. The highest BCUT2D eigenvalue weighted by Gasteiger charge is 2.42. The van der Waals surface area contributed by atoms with E-state index >= 15 is 0 Å². The van der Waals surface area contributed by atoms with Gasteiger partial charge in [-0.25, -0.2) is 4.79 Å². The van der Waals surface area contributed by atoms with E-state index in [-0.39, 0.29) is 18.4 Å². The fourth-order valence-corrected chi connectivity index (χ4v) is 4.23. The van der Waals surface area contributed by atoms with Crippen molar-refractivity contribution in [1.29, 1.82) is 0 Å². The maximum atomic E-state index is 11.7. The molecular formula is C23H22N2O4. The Balaban J connectivity index is 1.78. The minimum atomic E-state index is -1.03. The quantitative estimate of drug-likeness (QED) is 0.758. The number of carbonyl (C=O) groups excluding carboxylic acids is 1. The summed E-state index contributed by atoms with van der Waals surface area (Å²) < 4.78 is 5.62. The molecule has 6 heteroatoms. The molecular weight excluding hydrogens is 368 g/mol. The molecule has 2 aromatic rings. The van der Waals surface area contributed by atoms with Crippen molar-refractivity contribution in [1.82, 2.24) is 0 Å². The third-order valence-electron chi connectivity index (χ3n) is 5.31. The lowest BCUT2D eigenvalue weighted by Gasteiger charge is -2.31. The molecule has 29 heavy (non-hydrogen) atoms. The van der Waals surface area contributed by atoms with Crippen LogP contribution in [-0.2, 0) is 16.1 Å². The molecule has 2 aliphatic rings. The lowest BCUT2D eigenvalue weighted by molar-refractivity contribution is -0.139. The highest BCUT2D eigenvalue weighted by Crippen LogP contribution is 2.51. The van der Waals surface area contributed by atoms with Gasteiger partial charge in [-0.15, -0.1) is 0 Å². The molecule has 0 bridgehead atoms. The Bertz CT molecular complexity index is 997. The number of aliphatic carboxylic acids is 1. The van der Waals surface area contributed by atoms with Gasteiger partial charge in [0.25, 0.3) is 0 Å². The minimum absolute atomic E-state index is 0.000802. The molecule has 2 atom stereocenters. The normalized spacial score (nSPS) is 19.3. The van der Waals surface area contributed by atoms with Crippen molar-refractivity contribution in [3.8, 4) is 5.75 Å². The molecule has 1 aliphatic heterocycles. The number of carboxylic acid groups (broad SMARTS) is 1. The lowest BCUT2D eigenvalue weighted by atomic mass is 9.82. The van der Waals surface area contributed by atoms with Gasteiger partial charge in [0.2, 0.25) is 5.91 Å². The minimum Gasteiger partial charge on any atom is -0.482 e. The summed E-state index contributed by atoms with van der Waals surface area (Å²) in [5.41, 5.74) is 9.46. The molecule has 0 saturated carbocycles. The predicted molar refractivity (Wildman–Crippen MR) is 110 cm³/mol. The van der Waals surface area contributed by atoms with Gasteiger partial charge in [-0.1, -0.05) is 60.2 Å². The lowest BCUT2D eigenvalue weighted by Crippen LogP contribution is -2.34. The van der Waals surface area contributed by atoms with Gasteiger partial charge >= 0.3 is 5.97 Å². The Morgan fingerprint density at radius 1 is 1.10 bits per heavy atom. The molecule has 0 spiro atoms. The summed E-state index contributed by atoms with van der Waals surface area (Å²) in [6.45, 7) is 0.267. The Morgan fingerprint density at radius 2 is 1.90 bits per heavy atom. The zero-order valence-electron chi connectivity index (χ0n) is 15.8. The van der Waals surface area contributed by atoms with Crippen molar-refractivity contribution in [3.05, 3.63) is 83.5 Å². The molecule has 2 unspecified atom stereocenters. The topological polar surface area (TPSA) is 92.9 Å². The van der Waals surface area contributed by atoms with Crippen LogP contribution in [0.1, 0.15) is 23.5 Å². The monoisotopic (exact) mass is 390 g/mol. The molecule has 2 aromatic carbocycles. The van der Waals surface area contributed by atoms with E-state index in [1.807, 2.05) is 42.5 Å². The number of rotatable bonds is 7.